The van der Waals surface area contributed by atoms with Gasteiger partial charge in [0.2, 0.25) is 17.6 Å². The van der Waals surface area contributed by atoms with Crippen molar-refractivity contribution in [3.8, 4) is 11.4 Å². The second-order valence-electron chi connectivity index (χ2n) is 7.97. The van der Waals surface area contributed by atoms with Gasteiger partial charge in [0.25, 0.3) is 5.91 Å². The second-order valence-corrected chi connectivity index (χ2v) is 7.97. The molecule has 1 fully saturated rings. The number of pyridine rings is 1. The number of furan rings is 1. The van der Waals surface area contributed by atoms with Crippen molar-refractivity contribution >= 4 is 11.8 Å². The number of likely N-dealkylation sites (tertiary alicyclic amines) is 1. The van der Waals surface area contributed by atoms with E-state index in [0.29, 0.717) is 43.4 Å². The SMILES string of the molecule is CC(C)C(NC(=O)C1CCN(C(=O)c2ccco2)CC1)c1nc(-c2cccnc2)no1. The van der Waals surface area contributed by atoms with Gasteiger partial charge in [0.1, 0.15) is 6.04 Å². The maximum atomic E-state index is 12.9. The van der Waals surface area contributed by atoms with Gasteiger partial charge in [-0.05, 0) is 43.0 Å². The Morgan fingerprint density at radius 2 is 2.00 bits per heavy atom. The van der Waals surface area contributed by atoms with Crippen molar-refractivity contribution in [1.29, 1.82) is 0 Å². The summed E-state index contributed by atoms with van der Waals surface area (Å²) in [5, 5.41) is 7.10. The van der Waals surface area contributed by atoms with Gasteiger partial charge in [-0.15, -0.1) is 0 Å². The summed E-state index contributed by atoms with van der Waals surface area (Å²) in [5.41, 5.74) is 0.750. The number of piperidine rings is 1. The molecule has 1 aliphatic heterocycles. The van der Waals surface area contributed by atoms with E-state index in [4.69, 9.17) is 8.94 Å². The summed E-state index contributed by atoms with van der Waals surface area (Å²) in [6.07, 6.45) is 6.00. The molecule has 9 heteroatoms. The molecule has 162 valence electrons. The van der Waals surface area contributed by atoms with Crippen LogP contribution in [0.3, 0.4) is 0 Å². The summed E-state index contributed by atoms with van der Waals surface area (Å²) < 4.78 is 10.6. The molecule has 0 spiro atoms. The molecule has 2 amide bonds. The molecule has 1 aliphatic rings. The van der Waals surface area contributed by atoms with Gasteiger partial charge < -0.3 is 19.2 Å². The lowest BCUT2D eigenvalue weighted by Crippen LogP contribution is -2.44. The maximum absolute atomic E-state index is 12.9. The van der Waals surface area contributed by atoms with Gasteiger partial charge in [0, 0.05) is 37.0 Å². The van der Waals surface area contributed by atoms with Crippen LogP contribution in [-0.2, 0) is 4.79 Å². The van der Waals surface area contributed by atoms with Crippen molar-refractivity contribution in [2.45, 2.75) is 32.7 Å². The van der Waals surface area contributed by atoms with Crippen molar-refractivity contribution in [3.63, 3.8) is 0 Å². The highest BCUT2D eigenvalue weighted by Crippen LogP contribution is 2.26. The van der Waals surface area contributed by atoms with Crippen LogP contribution in [0.15, 0.2) is 51.9 Å². The Bertz CT molecular complexity index is 1010. The van der Waals surface area contributed by atoms with Gasteiger partial charge in [-0.1, -0.05) is 19.0 Å². The van der Waals surface area contributed by atoms with Crippen molar-refractivity contribution < 1.29 is 18.5 Å². The molecule has 4 rings (SSSR count). The number of nitrogens with zero attached hydrogens (tertiary/aromatic N) is 4. The molecule has 0 aliphatic carbocycles. The molecule has 4 heterocycles. The third-order valence-electron chi connectivity index (χ3n) is 5.48. The topological polar surface area (TPSA) is 114 Å². The molecule has 3 aromatic heterocycles. The molecule has 0 saturated carbocycles. The Labute approximate surface area is 179 Å². The Hall–Kier alpha value is -3.49. The fourth-order valence-electron chi connectivity index (χ4n) is 3.66. The van der Waals surface area contributed by atoms with E-state index in [9.17, 15) is 9.59 Å². The Morgan fingerprint density at radius 1 is 1.19 bits per heavy atom. The summed E-state index contributed by atoms with van der Waals surface area (Å²) in [6.45, 7) is 5.00. The third-order valence-corrected chi connectivity index (χ3v) is 5.48. The lowest BCUT2D eigenvalue weighted by atomic mass is 9.94. The average Bonchev–Trinajstić information content (AvgIpc) is 3.50. The normalized spacial score (nSPS) is 15.8. The highest BCUT2D eigenvalue weighted by Gasteiger charge is 2.32. The summed E-state index contributed by atoms with van der Waals surface area (Å²) in [7, 11) is 0. The zero-order valence-electron chi connectivity index (χ0n) is 17.5. The molecule has 1 unspecified atom stereocenters. The maximum Gasteiger partial charge on any atom is 0.289 e. The molecule has 9 nitrogen and oxygen atoms in total. The summed E-state index contributed by atoms with van der Waals surface area (Å²) >= 11 is 0. The van der Waals surface area contributed by atoms with Crippen LogP contribution in [0.4, 0.5) is 0 Å². The largest absolute Gasteiger partial charge is 0.459 e. The Balaban J connectivity index is 1.37. The number of amides is 2. The molecule has 1 atom stereocenters. The molecule has 0 bridgehead atoms. The van der Waals surface area contributed by atoms with E-state index < -0.39 is 6.04 Å². The highest BCUT2D eigenvalue weighted by atomic mass is 16.5. The van der Waals surface area contributed by atoms with Crippen LogP contribution in [-0.4, -0.2) is 44.9 Å². The number of aromatic nitrogens is 3. The van der Waals surface area contributed by atoms with Gasteiger partial charge in [0.05, 0.1) is 6.26 Å². The van der Waals surface area contributed by atoms with E-state index in [1.54, 1.807) is 35.5 Å². The number of hydrogen-bond acceptors (Lipinski definition) is 7. The van der Waals surface area contributed by atoms with Gasteiger partial charge in [-0.2, -0.15) is 4.98 Å². The van der Waals surface area contributed by atoms with Crippen LogP contribution < -0.4 is 5.32 Å². The van der Waals surface area contributed by atoms with Crippen LogP contribution >= 0.6 is 0 Å². The lowest BCUT2D eigenvalue weighted by molar-refractivity contribution is -0.127. The molecule has 3 aromatic rings. The second kappa shape index (κ2) is 9.11. The number of hydrogen-bond donors (Lipinski definition) is 1. The van der Waals surface area contributed by atoms with E-state index in [0.717, 1.165) is 5.56 Å². The fraction of sp³-hybridized carbons (Fsp3) is 0.409. The molecule has 1 saturated heterocycles. The van der Waals surface area contributed by atoms with Crippen molar-refractivity contribution in [3.05, 3.63) is 54.6 Å². The average molecular weight is 423 g/mol. The van der Waals surface area contributed by atoms with Crippen LogP contribution in [0.5, 0.6) is 0 Å². The van der Waals surface area contributed by atoms with E-state index in [2.05, 4.69) is 20.4 Å². The smallest absolute Gasteiger partial charge is 0.289 e. The first kappa shape index (κ1) is 20.8. The zero-order valence-corrected chi connectivity index (χ0v) is 17.5. The van der Waals surface area contributed by atoms with Gasteiger partial charge in [-0.25, -0.2) is 0 Å². The first-order valence-electron chi connectivity index (χ1n) is 10.4. The van der Waals surface area contributed by atoms with E-state index in [-0.39, 0.29) is 23.7 Å². The van der Waals surface area contributed by atoms with Gasteiger partial charge in [-0.3, -0.25) is 14.6 Å². The third kappa shape index (κ3) is 4.65. The number of carbonyl (C=O) groups is 2. The van der Waals surface area contributed by atoms with Crippen LogP contribution in [0, 0.1) is 11.8 Å². The predicted octanol–water partition coefficient (Wildman–Crippen LogP) is 3.09. The Kier molecular flexibility index (Phi) is 6.11. The number of carbonyl (C=O) groups excluding carboxylic acids is 2. The van der Waals surface area contributed by atoms with Gasteiger partial charge >= 0.3 is 0 Å². The lowest BCUT2D eigenvalue weighted by Gasteiger charge is -2.31. The quantitative estimate of drug-likeness (QED) is 0.648. The van der Waals surface area contributed by atoms with Crippen LogP contribution in [0.2, 0.25) is 0 Å². The van der Waals surface area contributed by atoms with E-state index >= 15 is 0 Å². The minimum absolute atomic E-state index is 0.0618. The van der Waals surface area contributed by atoms with E-state index in [1.165, 1.54) is 6.26 Å². The number of rotatable bonds is 6. The molecule has 31 heavy (non-hydrogen) atoms. The first-order chi connectivity index (χ1) is 15.0. The van der Waals surface area contributed by atoms with Crippen LogP contribution in [0.25, 0.3) is 11.4 Å². The summed E-state index contributed by atoms with van der Waals surface area (Å²) in [5.74, 6) is 0.806. The monoisotopic (exact) mass is 423 g/mol. The fourth-order valence-corrected chi connectivity index (χ4v) is 3.66. The zero-order chi connectivity index (χ0) is 21.8. The Morgan fingerprint density at radius 3 is 2.65 bits per heavy atom. The summed E-state index contributed by atoms with van der Waals surface area (Å²) in [6, 6.07) is 6.60. The van der Waals surface area contributed by atoms with E-state index in [1.807, 2.05) is 19.9 Å². The first-order valence-corrected chi connectivity index (χ1v) is 10.4. The minimum Gasteiger partial charge on any atom is -0.459 e. The molecular formula is C22H25N5O4. The summed E-state index contributed by atoms with van der Waals surface area (Å²) in [4.78, 5) is 35.6. The minimum atomic E-state index is -0.395. The van der Waals surface area contributed by atoms with Crippen LogP contribution in [0.1, 0.15) is 49.2 Å². The standard InChI is InChI=1S/C22H25N5O4/c1-14(2)18(21-25-19(26-31-21)16-5-3-9-23-13-16)24-20(28)15-7-10-27(11-8-15)22(29)17-6-4-12-30-17/h3-6,9,12-15,18H,7-8,10-11H2,1-2H3,(H,24,28). The predicted molar refractivity (Wildman–Crippen MR) is 111 cm³/mol. The van der Waals surface area contributed by atoms with Crippen molar-refractivity contribution in [2.24, 2.45) is 11.8 Å². The molecule has 1 N–H and O–H groups in total. The molecule has 0 aromatic carbocycles. The highest BCUT2D eigenvalue weighted by molar-refractivity contribution is 5.91. The van der Waals surface area contributed by atoms with Crippen molar-refractivity contribution in [2.75, 3.05) is 13.1 Å². The van der Waals surface area contributed by atoms with Gasteiger partial charge in [0.15, 0.2) is 5.76 Å². The number of nitrogens with one attached hydrogen (secondary N) is 1. The molecule has 0 radical (unpaired) electrons. The van der Waals surface area contributed by atoms with Crippen molar-refractivity contribution in [1.82, 2.24) is 25.3 Å². The molecular weight excluding hydrogens is 398 g/mol.